The molecule has 0 saturated carbocycles. The number of nitrogens with one attached hydrogen (secondary N) is 1. The first-order valence-corrected chi connectivity index (χ1v) is 11.2. The molecule has 2 aliphatic rings. The first-order valence-electron chi connectivity index (χ1n) is 11.2. The third-order valence-corrected chi connectivity index (χ3v) is 6.51. The Hall–Kier alpha value is -3.53. The summed E-state index contributed by atoms with van der Waals surface area (Å²) < 4.78 is 6.28. The second kappa shape index (κ2) is 8.54. The van der Waals surface area contributed by atoms with Crippen molar-refractivity contribution in [2.24, 2.45) is 5.92 Å². The lowest BCUT2D eigenvalue weighted by atomic mass is 9.76. The van der Waals surface area contributed by atoms with Gasteiger partial charge >= 0.3 is 0 Å². The van der Waals surface area contributed by atoms with Crippen LogP contribution in [-0.2, 0) is 6.61 Å². The number of nitrogens with zero attached hydrogens (tertiary/aromatic N) is 1. The van der Waals surface area contributed by atoms with E-state index in [2.05, 4.69) is 59.9 Å². The van der Waals surface area contributed by atoms with Crippen molar-refractivity contribution in [1.82, 2.24) is 4.90 Å². The molecule has 5 rings (SSSR count). The highest BCUT2D eigenvalue weighted by Crippen LogP contribution is 2.51. The third-order valence-electron chi connectivity index (χ3n) is 6.51. The molecule has 3 atom stereocenters. The summed E-state index contributed by atoms with van der Waals surface area (Å²) in [6.45, 7) is 0.545. The molecule has 1 heterocycles. The van der Waals surface area contributed by atoms with E-state index in [-0.39, 0.29) is 17.9 Å². The molecule has 1 N–H and O–H groups in total. The molecule has 1 aliphatic carbocycles. The van der Waals surface area contributed by atoms with E-state index in [4.69, 9.17) is 4.74 Å². The normalized spacial score (nSPS) is 20.8. The van der Waals surface area contributed by atoms with Crippen LogP contribution in [-0.4, -0.2) is 24.9 Å². The molecule has 3 unspecified atom stereocenters. The summed E-state index contributed by atoms with van der Waals surface area (Å²) in [5, 5.41) is 3.77. The predicted molar refractivity (Wildman–Crippen MR) is 128 cm³/mol. The number of fused-ring (bicyclic) bond motifs is 3. The minimum absolute atomic E-state index is 0.0353. The molecule has 3 aromatic rings. The van der Waals surface area contributed by atoms with Crippen molar-refractivity contribution in [2.45, 2.75) is 25.0 Å². The average molecular weight is 425 g/mol. The van der Waals surface area contributed by atoms with Crippen LogP contribution in [0.15, 0.2) is 84.9 Å². The second-order valence-corrected chi connectivity index (χ2v) is 8.79. The molecule has 32 heavy (non-hydrogen) atoms. The summed E-state index contributed by atoms with van der Waals surface area (Å²) in [5.74, 6) is 1.62. The quantitative estimate of drug-likeness (QED) is 0.527. The topological polar surface area (TPSA) is 41.6 Å². The summed E-state index contributed by atoms with van der Waals surface area (Å²) in [4.78, 5) is 14.1. The minimum atomic E-state index is 0.0353. The first kappa shape index (κ1) is 20.4. The molecule has 0 radical (unpaired) electrons. The van der Waals surface area contributed by atoms with Gasteiger partial charge < -0.3 is 15.0 Å². The number of carbonyl (C=O) groups is 1. The number of hydrogen-bond acceptors (Lipinski definition) is 3. The average Bonchev–Trinajstić information content (AvgIpc) is 3.33. The van der Waals surface area contributed by atoms with Gasteiger partial charge in [0.25, 0.3) is 5.91 Å². The predicted octanol–water partition coefficient (Wildman–Crippen LogP) is 5.79. The maximum absolute atomic E-state index is 12.5. The Morgan fingerprint density at radius 3 is 2.59 bits per heavy atom. The molecule has 1 amide bonds. The molecule has 0 fully saturated rings. The summed E-state index contributed by atoms with van der Waals surface area (Å²) in [6.07, 6.45) is 5.57. The van der Waals surface area contributed by atoms with Gasteiger partial charge in [0.1, 0.15) is 12.4 Å². The summed E-state index contributed by atoms with van der Waals surface area (Å²) in [5.41, 5.74) is 5.37. The number of carbonyl (C=O) groups excluding carboxylic acids is 1. The van der Waals surface area contributed by atoms with E-state index in [9.17, 15) is 4.79 Å². The lowest BCUT2D eigenvalue weighted by Gasteiger charge is -2.38. The van der Waals surface area contributed by atoms with Gasteiger partial charge in [-0.25, -0.2) is 0 Å². The Morgan fingerprint density at radius 1 is 1.00 bits per heavy atom. The molecule has 1 aliphatic heterocycles. The molecule has 0 saturated heterocycles. The van der Waals surface area contributed by atoms with Crippen molar-refractivity contribution in [1.29, 1.82) is 0 Å². The summed E-state index contributed by atoms with van der Waals surface area (Å²) in [6, 6.07) is 24.8. The Balaban J connectivity index is 1.46. The van der Waals surface area contributed by atoms with E-state index in [0.29, 0.717) is 12.5 Å². The fraction of sp³-hybridized carbons (Fsp3) is 0.250. The number of hydrogen-bond donors (Lipinski definition) is 1. The molecule has 0 spiro atoms. The van der Waals surface area contributed by atoms with E-state index in [1.807, 2.05) is 30.3 Å². The van der Waals surface area contributed by atoms with Crippen LogP contribution in [0, 0.1) is 5.92 Å². The third kappa shape index (κ3) is 3.77. The van der Waals surface area contributed by atoms with Gasteiger partial charge in [0, 0.05) is 36.8 Å². The molecule has 162 valence electrons. The van der Waals surface area contributed by atoms with Crippen LogP contribution >= 0.6 is 0 Å². The minimum Gasteiger partial charge on any atom is -0.489 e. The molecule has 3 aromatic carbocycles. The second-order valence-electron chi connectivity index (χ2n) is 8.79. The van der Waals surface area contributed by atoms with Crippen LogP contribution in [0.4, 0.5) is 5.69 Å². The fourth-order valence-electron chi connectivity index (χ4n) is 4.90. The lowest BCUT2D eigenvalue weighted by Crippen LogP contribution is -2.30. The van der Waals surface area contributed by atoms with E-state index in [1.165, 1.54) is 11.1 Å². The highest BCUT2D eigenvalue weighted by Gasteiger charge is 2.39. The number of allylic oxidation sites excluding steroid dienone is 2. The Labute approximate surface area is 189 Å². The smallest absolute Gasteiger partial charge is 0.253 e. The van der Waals surface area contributed by atoms with Gasteiger partial charge in [-0.15, -0.1) is 0 Å². The van der Waals surface area contributed by atoms with Gasteiger partial charge in [0.2, 0.25) is 0 Å². The van der Waals surface area contributed by atoms with Crippen LogP contribution in [0.25, 0.3) is 0 Å². The number of para-hydroxylation sites is 1. The van der Waals surface area contributed by atoms with Crippen molar-refractivity contribution < 1.29 is 9.53 Å². The standard InChI is InChI=1S/C28H28N2O2/c1-30(2)28(31)20-15-16-25-24(17-20)21-12-8-13-22(21)27(29-25)23-11-6-7-14-26(23)32-18-19-9-4-3-5-10-19/h3-12,14-17,21-22,27,29H,13,18H2,1-2H3. The SMILES string of the molecule is CN(C)C(=O)c1ccc2c(c1)C1C=CCC1C(c1ccccc1OCc1ccccc1)N2. The zero-order valence-corrected chi connectivity index (χ0v) is 18.5. The van der Waals surface area contributed by atoms with E-state index in [0.717, 1.165) is 29.0 Å². The number of amides is 1. The van der Waals surface area contributed by atoms with Gasteiger partial charge in [-0.05, 0) is 47.7 Å². The van der Waals surface area contributed by atoms with Crippen molar-refractivity contribution in [3.05, 3.63) is 107 Å². The molecule has 4 heteroatoms. The molecule has 0 bridgehead atoms. The van der Waals surface area contributed by atoms with Crippen LogP contribution in [0.5, 0.6) is 5.75 Å². The Bertz CT molecular complexity index is 1150. The zero-order chi connectivity index (χ0) is 22.1. The Kier molecular flexibility index (Phi) is 5.44. The molecular formula is C28H28N2O2. The molecular weight excluding hydrogens is 396 g/mol. The van der Waals surface area contributed by atoms with Gasteiger partial charge in [-0.1, -0.05) is 60.7 Å². The van der Waals surface area contributed by atoms with Gasteiger partial charge in [0.05, 0.1) is 6.04 Å². The number of anilines is 1. The maximum atomic E-state index is 12.5. The Morgan fingerprint density at radius 2 is 1.78 bits per heavy atom. The molecule has 4 nitrogen and oxygen atoms in total. The van der Waals surface area contributed by atoms with Crippen LogP contribution in [0.1, 0.15) is 45.4 Å². The number of rotatable bonds is 5. The van der Waals surface area contributed by atoms with Crippen LogP contribution < -0.4 is 10.1 Å². The summed E-state index contributed by atoms with van der Waals surface area (Å²) in [7, 11) is 3.58. The number of benzene rings is 3. The van der Waals surface area contributed by atoms with Crippen molar-refractivity contribution in [3.8, 4) is 5.75 Å². The highest BCUT2D eigenvalue weighted by molar-refractivity contribution is 5.94. The maximum Gasteiger partial charge on any atom is 0.253 e. The van der Waals surface area contributed by atoms with E-state index >= 15 is 0 Å². The zero-order valence-electron chi connectivity index (χ0n) is 18.5. The van der Waals surface area contributed by atoms with E-state index < -0.39 is 0 Å². The molecule has 0 aromatic heterocycles. The van der Waals surface area contributed by atoms with Gasteiger partial charge in [-0.2, -0.15) is 0 Å². The van der Waals surface area contributed by atoms with Crippen molar-refractivity contribution in [3.63, 3.8) is 0 Å². The highest BCUT2D eigenvalue weighted by atomic mass is 16.5. The lowest BCUT2D eigenvalue weighted by molar-refractivity contribution is 0.0827. The summed E-state index contributed by atoms with van der Waals surface area (Å²) >= 11 is 0. The monoisotopic (exact) mass is 424 g/mol. The fourth-order valence-corrected chi connectivity index (χ4v) is 4.90. The van der Waals surface area contributed by atoms with E-state index in [1.54, 1.807) is 19.0 Å². The van der Waals surface area contributed by atoms with Gasteiger partial charge in [-0.3, -0.25) is 4.79 Å². The van der Waals surface area contributed by atoms with Crippen molar-refractivity contribution in [2.75, 3.05) is 19.4 Å². The van der Waals surface area contributed by atoms with Gasteiger partial charge in [0.15, 0.2) is 0 Å². The first-order chi connectivity index (χ1) is 15.6. The largest absolute Gasteiger partial charge is 0.489 e. The van der Waals surface area contributed by atoms with Crippen LogP contribution in [0.3, 0.4) is 0 Å². The number of ether oxygens (including phenoxy) is 1. The van der Waals surface area contributed by atoms with Crippen LogP contribution in [0.2, 0.25) is 0 Å². The van der Waals surface area contributed by atoms with Crippen molar-refractivity contribution >= 4 is 11.6 Å².